The van der Waals surface area contributed by atoms with Gasteiger partial charge in [-0.05, 0) is 40.2 Å². The fourth-order valence-electron chi connectivity index (χ4n) is 4.62. The van der Waals surface area contributed by atoms with Gasteiger partial charge in [0.25, 0.3) is 5.91 Å². The minimum Gasteiger partial charge on any atom is -0.489 e. The molecule has 1 aromatic carbocycles. The lowest BCUT2D eigenvalue weighted by Crippen LogP contribution is -2.74. The maximum Gasteiger partial charge on any atom is 0.255 e. The molecular formula is C22H23BrClN3O2. The molecule has 1 aliphatic carbocycles. The van der Waals surface area contributed by atoms with Gasteiger partial charge in [-0.1, -0.05) is 45.4 Å². The van der Waals surface area contributed by atoms with Crippen molar-refractivity contribution in [2.75, 3.05) is 6.98 Å². The summed E-state index contributed by atoms with van der Waals surface area (Å²) < 4.78 is 31.1. The number of nitrogens with zero attached hydrogens (tertiary/aromatic N) is 3. The molecule has 29 heavy (non-hydrogen) atoms. The molecule has 5 nitrogen and oxygen atoms in total. The van der Waals surface area contributed by atoms with Crippen LogP contribution in [0.4, 0.5) is 5.69 Å². The number of hydrogen-bond acceptors (Lipinski definition) is 3. The molecule has 1 fully saturated rings. The largest absolute Gasteiger partial charge is 0.489 e. The van der Waals surface area contributed by atoms with E-state index in [2.05, 4.69) is 25.8 Å². The first-order chi connectivity index (χ1) is 14.7. The Balaban J connectivity index is 1.95. The predicted octanol–water partition coefficient (Wildman–Crippen LogP) is 6.00. The number of halogens is 2. The second-order valence-electron chi connectivity index (χ2n) is 8.31. The molecule has 0 bridgehead atoms. The fourth-order valence-corrected chi connectivity index (χ4v) is 5.07. The summed E-state index contributed by atoms with van der Waals surface area (Å²) in [6.45, 7) is 12.0. The molecular weight excluding hydrogens is 454 g/mol. The molecule has 0 N–H and O–H groups in total. The van der Waals surface area contributed by atoms with E-state index in [0.717, 1.165) is 4.90 Å². The van der Waals surface area contributed by atoms with Crippen molar-refractivity contribution in [1.29, 1.82) is 0 Å². The van der Waals surface area contributed by atoms with Crippen molar-refractivity contribution in [2.45, 2.75) is 39.8 Å². The highest BCUT2D eigenvalue weighted by atomic mass is 79.9. The van der Waals surface area contributed by atoms with Gasteiger partial charge in [0, 0.05) is 34.2 Å². The lowest BCUT2D eigenvalue weighted by Gasteiger charge is -2.65. The number of amides is 1. The van der Waals surface area contributed by atoms with Crippen LogP contribution in [0.2, 0.25) is 5.02 Å². The van der Waals surface area contributed by atoms with Crippen molar-refractivity contribution in [2.24, 2.45) is 10.8 Å². The van der Waals surface area contributed by atoms with Crippen molar-refractivity contribution in [3.63, 3.8) is 0 Å². The zero-order valence-corrected chi connectivity index (χ0v) is 18.9. The molecule has 7 heteroatoms. The van der Waals surface area contributed by atoms with Crippen LogP contribution >= 0.6 is 27.5 Å². The lowest BCUT2D eigenvalue weighted by atomic mass is 9.49. The predicted molar refractivity (Wildman–Crippen MR) is 118 cm³/mol. The zero-order valence-electron chi connectivity index (χ0n) is 19.5. The van der Waals surface area contributed by atoms with Crippen LogP contribution in [-0.4, -0.2) is 34.9 Å². The number of aromatic nitrogens is 1. The number of carbonyl (C=O) groups excluding carboxylic acids is 1. The summed E-state index contributed by atoms with van der Waals surface area (Å²) in [6, 6.07) is 7.34. The van der Waals surface area contributed by atoms with Gasteiger partial charge in [-0.2, -0.15) is 0 Å². The summed E-state index contributed by atoms with van der Waals surface area (Å²) in [7, 11) is 0. The highest BCUT2D eigenvalue weighted by Gasteiger charge is 2.65. The van der Waals surface area contributed by atoms with E-state index in [4.69, 9.17) is 27.0 Å². The highest BCUT2D eigenvalue weighted by molar-refractivity contribution is 9.10. The van der Waals surface area contributed by atoms with Crippen LogP contribution in [-0.2, 0) is 0 Å². The van der Waals surface area contributed by atoms with E-state index >= 15 is 0 Å². The molecule has 0 spiro atoms. The summed E-state index contributed by atoms with van der Waals surface area (Å²) in [6.07, 6.45) is 0.953. The maximum atomic E-state index is 13.3. The molecule has 0 aliphatic heterocycles. The molecule has 0 unspecified atom stereocenters. The van der Waals surface area contributed by atoms with Crippen molar-refractivity contribution in [3.05, 3.63) is 63.1 Å². The fraction of sp³-hybridized carbons (Fsp3) is 0.409. The number of hydrogen-bond donors (Lipinski definition) is 0. The minimum absolute atomic E-state index is 0.196. The van der Waals surface area contributed by atoms with Crippen LogP contribution < -0.4 is 4.74 Å². The Kier molecular flexibility index (Phi) is 4.66. The molecule has 152 valence electrons. The van der Waals surface area contributed by atoms with Gasteiger partial charge in [-0.3, -0.25) is 4.79 Å². The molecule has 1 saturated carbocycles. The van der Waals surface area contributed by atoms with Gasteiger partial charge in [0.15, 0.2) is 0 Å². The van der Waals surface area contributed by atoms with Gasteiger partial charge >= 0.3 is 0 Å². The van der Waals surface area contributed by atoms with E-state index in [-0.39, 0.29) is 10.6 Å². The first-order valence-corrected chi connectivity index (χ1v) is 10.2. The topological polar surface area (TPSA) is 46.8 Å². The number of rotatable bonds is 4. The molecule has 1 heterocycles. The third-order valence-electron chi connectivity index (χ3n) is 5.51. The van der Waals surface area contributed by atoms with Crippen LogP contribution in [0, 0.1) is 17.4 Å². The second-order valence-corrected chi connectivity index (χ2v) is 9.53. The minimum atomic E-state index is -2.66. The number of benzene rings is 1. The third-order valence-corrected chi connectivity index (χ3v) is 6.28. The van der Waals surface area contributed by atoms with Gasteiger partial charge in [-0.25, -0.2) is 9.83 Å². The first-order valence-electron chi connectivity index (χ1n) is 10.5. The molecule has 3 rings (SSSR count). The van der Waals surface area contributed by atoms with E-state index < -0.39 is 35.9 Å². The Morgan fingerprint density at radius 1 is 1.31 bits per heavy atom. The first kappa shape index (κ1) is 17.7. The van der Waals surface area contributed by atoms with Crippen molar-refractivity contribution < 1.29 is 13.6 Å². The molecule has 1 aromatic heterocycles. The Labute approximate surface area is 189 Å². The molecule has 0 atom stereocenters. The summed E-state index contributed by atoms with van der Waals surface area (Å²) in [5.41, 5.74) is -0.865. The van der Waals surface area contributed by atoms with Gasteiger partial charge in [0.2, 0.25) is 5.69 Å². The Bertz CT molecular complexity index is 1070. The zero-order chi connectivity index (χ0) is 24.1. The SMILES string of the molecule is [2H]C([2H])([2H])N(C(=O)c1ccc(Br)nc1)C1C(C)(C)C(Oc2ccc([N+]#[C-])c(Cl)c2)C1(C)C. The van der Waals surface area contributed by atoms with Crippen LogP contribution in [0.25, 0.3) is 4.85 Å². The summed E-state index contributed by atoms with van der Waals surface area (Å²) in [5.74, 6) is -0.130. The normalized spacial score (nSPS) is 23.6. The van der Waals surface area contributed by atoms with Crippen LogP contribution in [0.3, 0.4) is 0 Å². The van der Waals surface area contributed by atoms with Gasteiger partial charge < -0.3 is 9.64 Å². The molecule has 1 aliphatic rings. The number of pyridine rings is 1. The third kappa shape index (κ3) is 3.74. The summed E-state index contributed by atoms with van der Waals surface area (Å²) >= 11 is 9.37. The number of ether oxygens (including phenoxy) is 1. The smallest absolute Gasteiger partial charge is 0.255 e. The van der Waals surface area contributed by atoms with Crippen molar-refractivity contribution >= 4 is 39.1 Å². The van der Waals surface area contributed by atoms with Gasteiger partial charge in [0.05, 0.1) is 17.2 Å². The van der Waals surface area contributed by atoms with Crippen LogP contribution in [0.5, 0.6) is 5.75 Å². The summed E-state index contributed by atoms with van der Waals surface area (Å²) in [5, 5.41) is 0.283. The van der Waals surface area contributed by atoms with E-state index in [1.807, 2.05) is 27.7 Å². The maximum absolute atomic E-state index is 13.3. The molecule has 0 radical (unpaired) electrons. The quantitative estimate of drug-likeness (QED) is 0.399. The molecule has 1 amide bonds. The van der Waals surface area contributed by atoms with Crippen LogP contribution in [0.1, 0.15) is 42.2 Å². The molecule has 2 aromatic rings. The number of carbonyl (C=O) groups is 1. The summed E-state index contributed by atoms with van der Waals surface area (Å²) in [4.78, 5) is 21.7. The van der Waals surface area contributed by atoms with E-state index in [9.17, 15) is 4.79 Å². The van der Waals surface area contributed by atoms with E-state index in [1.165, 1.54) is 6.20 Å². The average molecular weight is 480 g/mol. The average Bonchev–Trinajstić information content (AvgIpc) is 2.69. The Morgan fingerprint density at radius 3 is 2.52 bits per heavy atom. The standard InChI is InChI=1S/C22H23BrClN3O2/c1-21(2)19(27(6)18(28)13-7-10-17(23)26-12-13)22(3,4)20(21)29-14-8-9-16(25-5)15(24)11-14/h7-12,19-20H,1-4,6H3/i6D3. The van der Waals surface area contributed by atoms with Crippen LogP contribution in [0.15, 0.2) is 41.1 Å². The highest BCUT2D eigenvalue weighted by Crippen LogP contribution is 2.57. The van der Waals surface area contributed by atoms with E-state index in [1.54, 1.807) is 30.3 Å². The van der Waals surface area contributed by atoms with Crippen molar-refractivity contribution in [1.82, 2.24) is 9.88 Å². The Hall–Kier alpha value is -2.10. The van der Waals surface area contributed by atoms with E-state index in [0.29, 0.717) is 16.0 Å². The molecule has 0 saturated heterocycles. The monoisotopic (exact) mass is 478 g/mol. The second kappa shape index (κ2) is 7.62. The Morgan fingerprint density at radius 2 is 2.00 bits per heavy atom. The van der Waals surface area contributed by atoms with Gasteiger partial charge in [0.1, 0.15) is 16.5 Å². The lowest BCUT2D eigenvalue weighted by molar-refractivity contribution is -0.195. The van der Waals surface area contributed by atoms with Gasteiger partial charge in [-0.15, -0.1) is 0 Å². The van der Waals surface area contributed by atoms with Crippen molar-refractivity contribution in [3.8, 4) is 5.75 Å².